The molecule has 25 heavy (non-hydrogen) atoms. The lowest BCUT2D eigenvalue weighted by molar-refractivity contribution is 0.0680. The highest BCUT2D eigenvalue weighted by molar-refractivity contribution is 7.93. The number of likely N-dealkylation sites (tertiary alicyclic amines) is 1. The van der Waals surface area contributed by atoms with Crippen molar-refractivity contribution in [1.82, 2.24) is 4.90 Å². The minimum absolute atomic E-state index is 0.0245. The number of sulfonamides is 1. The Bertz CT molecular complexity index is 753. The average molecular weight is 365 g/mol. The molecule has 6 nitrogen and oxygen atoms in total. The van der Waals surface area contributed by atoms with Gasteiger partial charge in [-0.1, -0.05) is 0 Å². The molecule has 0 saturated carbocycles. The first-order valence-corrected chi connectivity index (χ1v) is 10.6. The number of amides is 1. The number of rotatable bonds is 3. The molecular weight excluding hydrogens is 338 g/mol. The van der Waals surface area contributed by atoms with Crippen molar-refractivity contribution in [3.05, 3.63) is 29.3 Å². The third-order valence-electron chi connectivity index (χ3n) is 5.40. The topological polar surface area (TPSA) is 83.7 Å². The quantitative estimate of drug-likeness (QED) is 0.884. The van der Waals surface area contributed by atoms with Gasteiger partial charge in [0, 0.05) is 31.2 Å². The minimum atomic E-state index is -3.20. The fourth-order valence-electron chi connectivity index (χ4n) is 3.77. The fraction of sp³-hybridized carbons (Fsp3) is 0.611. The van der Waals surface area contributed by atoms with Crippen LogP contribution in [0.15, 0.2) is 18.2 Å². The number of carbonyl (C=O) groups excluding carboxylic acids is 1. The van der Waals surface area contributed by atoms with E-state index in [4.69, 9.17) is 5.73 Å². The molecule has 0 bridgehead atoms. The highest BCUT2D eigenvalue weighted by Gasteiger charge is 2.30. The molecule has 0 aliphatic carbocycles. The van der Waals surface area contributed by atoms with Crippen LogP contribution in [-0.2, 0) is 10.0 Å². The van der Waals surface area contributed by atoms with Gasteiger partial charge in [0.05, 0.1) is 11.4 Å². The van der Waals surface area contributed by atoms with Crippen molar-refractivity contribution in [3.63, 3.8) is 0 Å². The maximum absolute atomic E-state index is 12.8. The Morgan fingerprint density at radius 3 is 2.44 bits per heavy atom. The highest BCUT2D eigenvalue weighted by Crippen LogP contribution is 2.27. The number of hydrogen-bond acceptors (Lipinski definition) is 4. The summed E-state index contributed by atoms with van der Waals surface area (Å²) in [7, 11) is -3.20. The second kappa shape index (κ2) is 6.96. The molecule has 0 spiro atoms. The van der Waals surface area contributed by atoms with Gasteiger partial charge in [0.2, 0.25) is 10.0 Å². The number of nitrogens with zero attached hydrogens (tertiary/aromatic N) is 2. The fourth-order valence-corrected chi connectivity index (χ4v) is 5.33. The maximum atomic E-state index is 12.8. The van der Waals surface area contributed by atoms with E-state index in [0.29, 0.717) is 30.1 Å². The van der Waals surface area contributed by atoms with E-state index in [9.17, 15) is 13.2 Å². The lowest BCUT2D eigenvalue weighted by Gasteiger charge is -2.34. The first kappa shape index (κ1) is 18.2. The van der Waals surface area contributed by atoms with Gasteiger partial charge in [0.1, 0.15) is 0 Å². The Hall–Kier alpha value is -1.60. The largest absolute Gasteiger partial charge is 0.339 e. The van der Waals surface area contributed by atoms with E-state index in [-0.39, 0.29) is 17.7 Å². The summed E-state index contributed by atoms with van der Waals surface area (Å²) in [5.74, 6) is 0.700. The van der Waals surface area contributed by atoms with Crippen molar-refractivity contribution in [3.8, 4) is 0 Å². The van der Waals surface area contributed by atoms with Crippen LogP contribution in [0.3, 0.4) is 0 Å². The smallest absolute Gasteiger partial charge is 0.254 e. The molecule has 2 saturated heterocycles. The molecule has 1 aromatic rings. The summed E-state index contributed by atoms with van der Waals surface area (Å²) < 4.78 is 25.6. The summed E-state index contributed by atoms with van der Waals surface area (Å²) in [6.45, 7) is 5.87. The van der Waals surface area contributed by atoms with E-state index in [0.717, 1.165) is 31.5 Å². The van der Waals surface area contributed by atoms with Gasteiger partial charge in [-0.3, -0.25) is 9.10 Å². The minimum Gasteiger partial charge on any atom is -0.339 e. The van der Waals surface area contributed by atoms with Crippen LogP contribution in [0.1, 0.15) is 42.1 Å². The number of piperidine rings is 1. The van der Waals surface area contributed by atoms with Crippen molar-refractivity contribution in [2.24, 2.45) is 11.7 Å². The summed E-state index contributed by atoms with van der Waals surface area (Å²) in [4.78, 5) is 14.7. The van der Waals surface area contributed by atoms with Gasteiger partial charge in [-0.15, -0.1) is 0 Å². The molecule has 0 aromatic heterocycles. The van der Waals surface area contributed by atoms with Gasteiger partial charge in [0.15, 0.2) is 0 Å². The molecule has 1 amide bonds. The van der Waals surface area contributed by atoms with E-state index in [1.165, 1.54) is 4.31 Å². The van der Waals surface area contributed by atoms with Crippen LogP contribution in [0.5, 0.6) is 0 Å². The predicted molar refractivity (Wildman–Crippen MR) is 99.2 cm³/mol. The van der Waals surface area contributed by atoms with Crippen molar-refractivity contribution in [2.45, 2.75) is 39.2 Å². The molecule has 1 aromatic carbocycles. The average Bonchev–Trinajstić information content (AvgIpc) is 2.93. The van der Waals surface area contributed by atoms with Crippen LogP contribution in [0.25, 0.3) is 0 Å². The maximum Gasteiger partial charge on any atom is 0.254 e. The number of nitrogens with two attached hydrogens (primary N) is 1. The Morgan fingerprint density at radius 1 is 1.24 bits per heavy atom. The lowest BCUT2D eigenvalue weighted by Crippen LogP contribution is -2.42. The van der Waals surface area contributed by atoms with Crippen LogP contribution >= 0.6 is 0 Å². The molecule has 1 atom stereocenters. The van der Waals surface area contributed by atoms with Crippen LogP contribution in [0, 0.1) is 12.8 Å². The summed E-state index contributed by atoms with van der Waals surface area (Å²) in [5, 5.41) is 0. The van der Waals surface area contributed by atoms with E-state index in [1.807, 2.05) is 24.8 Å². The Kier molecular flexibility index (Phi) is 5.06. The van der Waals surface area contributed by atoms with E-state index < -0.39 is 10.0 Å². The SMILES string of the molecule is Cc1cc(N2CCCS2(=O)=O)ccc1C(=O)N1CCC(C(C)N)CC1. The van der Waals surface area contributed by atoms with E-state index in [2.05, 4.69) is 0 Å². The van der Waals surface area contributed by atoms with Gasteiger partial charge in [-0.25, -0.2) is 8.42 Å². The summed E-state index contributed by atoms with van der Waals surface area (Å²) >= 11 is 0. The first-order chi connectivity index (χ1) is 11.8. The monoisotopic (exact) mass is 365 g/mol. The summed E-state index contributed by atoms with van der Waals surface area (Å²) in [6, 6.07) is 5.49. The molecule has 2 aliphatic heterocycles. The molecule has 2 N–H and O–H groups in total. The van der Waals surface area contributed by atoms with Crippen molar-refractivity contribution < 1.29 is 13.2 Å². The number of benzene rings is 1. The summed E-state index contributed by atoms with van der Waals surface area (Å²) in [6.07, 6.45) is 2.52. The van der Waals surface area contributed by atoms with Gasteiger partial charge < -0.3 is 10.6 Å². The second-order valence-corrected chi connectivity index (χ2v) is 9.24. The lowest BCUT2D eigenvalue weighted by atomic mass is 9.90. The van der Waals surface area contributed by atoms with Gasteiger partial charge in [-0.2, -0.15) is 0 Å². The van der Waals surface area contributed by atoms with Crippen molar-refractivity contribution >= 4 is 21.6 Å². The molecule has 1 unspecified atom stereocenters. The van der Waals surface area contributed by atoms with Gasteiger partial charge in [-0.05, 0) is 62.8 Å². The standard InChI is InChI=1S/C18H27N3O3S/c1-13-12-16(21-8-3-11-25(21,23)24)4-5-17(13)18(22)20-9-6-15(7-10-20)14(2)19/h4-5,12,14-15H,3,6-11,19H2,1-2H3. The zero-order chi connectivity index (χ0) is 18.2. The first-order valence-electron chi connectivity index (χ1n) is 8.95. The molecule has 2 aliphatic rings. The van der Waals surface area contributed by atoms with Crippen molar-refractivity contribution in [2.75, 3.05) is 29.7 Å². The normalized spacial score (nSPS) is 22.2. The number of anilines is 1. The number of hydrogen-bond donors (Lipinski definition) is 1. The predicted octanol–water partition coefficient (Wildman–Crippen LogP) is 1.73. The highest BCUT2D eigenvalue weighted by atomic mass is 32.2. The molecule has 138 valence electrons. The van der Waals surface area contributed by atoms with E-state index >= 15 is 0 Å². The van der Waals surface area contributed by atoms with Crippen LogP contribution < -0.4 is 10.0 Å². The third-order valence-corrected chi connectivity index (χ3v) is 7.27. The molecule has 7 heteroatoms. The molecule has 2 heterocycles. The Morgan fingerprint density at radius 2 is 1.92 bits per heavy atom. The summed E-state index contributed by atoms with van der Waals surface area (Å²) in [5.41, 5.74) is 8.09. The zero-order valence-corrected chi connectivity index (χ0v) is 15.8. The molecular formula is C18H27N3O3S. The van der Waals surface area contributed by atoms with Crippen LogP contribution in [0.2, 0.25) is 0 Å². The van der Waals surface area contributed by atoms with Gasteiger partial charge >= 0.3 is 0 Å². The molecule has 0 radical (unpaired) electrons. The third kappa shape index (κ3) is 3.67. The van der Waals surface area contributed by atoms with Gasteiger partial charge in [0.25, 0.3) is 5.91 Å². The Labute approximate surface area is 150 Å². The van der Waals surface area contributed by atoms with Crippen LogP contribution in [-0.4, -0.2) is 50.7 Å². The zero-order valence-electron chi connectivity index (χ0n) is 14.9. The second-order valence-electron chi connectivity index (χ2n) is 7.23. The molecule has 2 fully saturated rings. The Balaban J connectivity index is 1.74. The number of carbonyl (C=O) groups is 1. The van der Waals surface area contributed by atoms with Crippen LogP contribution in [0.4, 0.5) is 5.69 Å². The van der Waals surface area contributed by atoms with Crippen molar-refractivity contribution in [1.29, 1.82) is 0 Å². The molecule has 3 rings (SSSR count). The number of aryl methyl sites for hydroxylation is 1. The van der Waals surface area contributed by atoms with E-state index in [1.54, 1.807) is 12.1 Å².